The van der Waals surface area contributed by atoms with Gasteiger partial charge in [-0.2, -0.15) is 0 Å². The van der Waals surface area contributed by atoms with Crippen LogP contribution < -0.4 is 16.4 Å². The van der Waals surface area contributed by atoms with E-state index in [2.05, 4.69) is 10.6 Å². The van der Waals surface area contributed by atoms with Crippen molar-refractivity contribution in [1.29, 1.82) is 0 Å². The lowest BCUT2D eigenvalue weighted by molar-refractivity contribution is -0.205. The van der Waals surface area contributed by atoms with Crippen LogP contribution in [-0.4, -0.2) is 101 Å². The maximum atomic E-state index is 13.2. The smallest absolute Gasteiger partial charge is 0.240 e. The summed E-state index contributed by atoms with van der Waals surface area (Å²) in [5.41, 5.74) is 4.92. The summed E-state index contributed by atoms with van der Waals surface area (Å²) in [6.45, 7) is 3.69. The fraction of sp³-hybridized carbons (Fsp3) is 0.952. The number of nitrogens with one attached hydrogen (secondary N) is 2. The highest BCUT2D eigenvalue weighted by Crippen LogP contribution is 2.33. The van der Waals surface area contributed by atoms with Crippen molar-refractivity contribution in [1.82, 2.24) is 10.6 Å². The number of aliphatic hydroxyl groups is 3. The molecular weight excluding hydrogens is 458 g/mol. The summed E-state index contributed by atoms with van der Waals surface area (Å²) in [6.07, 6.45) is 0.572. The molecule has 0 radical (unpaired) electrons. The second-order valence-corrected chi connectivity index (χ2v) is 10.8. The third-order valence-electron chi connectivity index (χ3n) is 6.96. The molecule has 5 unspecified atom stereocenters. The quantitative estimate of drug-likeness (QED) is 0.243. The minimum atomic E-state index is -1.40. The number of amides is 1. The van der Waals surface area contributed by atoms with Crippen molar-refractivity contribution in [2.75, 3.05) is 26.0 Å². The van der Waals surface area contributed by atoms with E-state index in [1.165, 1.54) is 11.8 Å². The highest BCUT2D eigenvalue weighted by atomic mass is 35.5. The number of ether oxygens (including phenoxy) is 2. The normalized spacial score (nSPS) is 42.0. The van der Waals surface area contributed by atoms with Gasteiger partial charge in [0.1, 0.15) is 35.9 Å². The van der Waals surface area contributed by atoms with Gasteiger partial charge in [-0.1, -0.05) is 0 Å². The molecule has 3 saturated heterocycles. The van der Waals surface area contributed by atoms with Crippen LogP contribution in [0.2, 0.25) is 0 Å². The first-order valence-electron chi connectivity index (χ1n) is 11.5. The molecule has 7 N–H and O–H groups in total. The molecule has 3 heterocycles. The molecular formula is C21H38ClN3O6S. The number of fused-ring (bicyclic) bond motifs is 1. The van der Waals surface area contributed by atoms with Crippen molar-refractivity contribution in [3.05, 3.63) is 0 Å². The Kier molecular flexibility index (Phi) is 9.91. The summed E-state index contributed by atoms with van der Waals surface area (Å²) >= 11 is 7.60. The number of alkyl halides is 1. The van der Waals surface area contributed by atoms with Gasteiger partial charge in [0.05, 0.1) is 17.5 Å². The highest BCUT2D eigenvalue weighted by molar-refractivity contribution is 7.99. The standard InChI is InChI=1S/C21H38ClN3O6S/c1-10(22)13(19-16(27)15(26)17(28)21(31-19)32-2)25-20(29)14-18-12(9-24-14)8-11(4-3-6-23)5-7-30-18/h10-19,21,24,26-28H,3-9,23H2,1-2H3,(H,25,29)/t10-,11+,12-,13+,14-,15?,16?,17?,18+,19?,21?/m0/s1. The van der Waals surface area contributed by atoms with Crippen molar-refractivity contribution in [2.24, 2.45) is 17.6 Å². The Labute approximate surface area is 199 Å². The number of rotatable bonds is 8. The van der Waals surface area contributed by atoms with E-state index in [4.69, 9.17) is 26.8 Å². The molecule has 9 nitrogen and oxygen atoms in total. The zero-order chi connectivity index (χ0) is 23.4. The SMILES string of the molecule is CSC1OC([C@H](NC(=O)[C@H]2NC[C@@H]3C[C@H](CCCN)CCO[C@H]32)[C@H](C)Cl)C(O)C(O)C1O. The van der Waals surface area contributed by atoms with Crippen LogP contribution in [-0.2, 0) is 14.3 Å². The summed E-state index contributed by atoms with van der Waals surface area (Å²) in [5, 5.41) is 36.6. The van der Waals surface area contributed by atoms with Crippen LogP contribution in [0.15, 0.2) is 0 Å². The highest BCUT2D eigenvalue weighted by Gasteiger charge is 2.49. The fourth-order valence-electron chi connectivity index (χ4n) is 5.14. The van der Waals surface area contributed by atoms with Gasteiger partial charge in [-0.3, -0.25) is 4.79 Å². The lowest BCUT2D eigenvalue weighted by Gasteiger charge is -2.44. The number of thioether (sulfide) groups is 1. The van der Waals surface area contributed by atoms with Gasteiger partial charge in [-0.05, 0) is 57.2 Å². The number of nitrogens with two attached hydrogens (primary N) is 1. The van der Waals surface area contributed by atoms with E-state index in [-0.39, 0.29) is 17.9 Å². The van der Waals surface area contributed by atoms with Gasteiger partial charge in [0.15, 0.2) is 0 Å². The average molecular weight is 496 g/mol. The van der Waals surface area contributed by atoms with Crippen LogP contribution in [0.4, 0.5) is 0 Å². The second kappa shape index (κ2) is 12.0. The molecule has 3 aliphatic heterocycles. The molecule has 0 aromatic carbocycles. The van der Waals surface area contributed by atoms with Gasteiger partial charge >= 0.3 is 0 Å². The zero-order valence-corrected chi connectivity index (χ0v) is 20.3. The molecule has 186 valence electrons. The molecule has 11 heteroatoms. The molecule has 0 aromatic heterocycles. The molecule has 0 spiro atoms. The molecule has 3 fully saturated rings. The van der Waals surface area contributed by atoms with Crippen molar-refractivity contribution >= 4 is 29.3 Å². The van der Waals surface area contributed by atoms with Gasteiger partial charge in [0.2, 0.25) is 5.91 Å². The minimum absolute atomic E-state index is 0.229. The molecule has 0 aromatic rings. The van der Waals surface area contributed by atoms with Gasteiger partial charge in [-0.25, -0.2) is 0 Å². The number of hydrogen-bond acceptors (Lipinski definition) is 9. The van der Waals surface area contributed by atoms with Crippen molar-refractivity contribution in [3.63, 3.8) is 0 Å². The predicted octanol–water partition coefficient (Wildman–Crippen LogP) is -0.609. The summed E-state index contributed by atoms with van der Waals surface area (Å²) in [6, 6.07) is -1.29. The third kappa shape index (κ3) is 5.90. The first-order valence-corrected chi connectivity index (χ1v) is 13.2. The van der Waals surface area contributed by atoms with Gasteiger partial charge in [0.25, 0.3) is 0 Å². The van der Waals surface area contributed by atoms with Crippen LogP contribution in [0.25, 0.3) is 0 Å². The summed E-state index contributed by atoms with van der Waals surface area (Å²) < 4.78 is 11.9. The number of halogens is 1. The minimum Gasteiger partial charge on any atom is -0.388 e. The second-order valence-electron chi connectivity index (χ2n) is 9.19. The Morgan fingerprint density at radius 2 is 2.06 bits per heavy atom. The van der Waals surface area contributed by atoms with Crippen LogP contribution in [0.3, 0.4) is 0 Å². The van der Waals surface area contributed by atoms with E-state index >= 15 is 0 Å². The van der Waals surface area contributed by atoms with Crippen LogP contribution in [0.1, 0.15) is 32.6 Å². The van der Waals surface area contributed by atoms with Crippen LogP contribution in [0, 0.1) is 11.8 Å². The Bertz CT molecular complexity index is 618. The predicted molar refractivity (Wildman–Crippen MR) is 123 cm³/mol. The maximum Gasteiger partial charge on any atom is 0.240 e. The monoisotopic (exact) mass is 495 g/mol. The van der Waals surface area contributed by atoms with Gasteiger partial charge in [-0.15, -0.1) is 23.4 Å². The number of aliphatic hydroxyl groups excluding tert-OH is 3. The lowest BCUT2D eigenvalue weighted by atomic mass is 9.87. The third-order valence-corrected chi connectivity index (χ3v) is 8.09. The Balaban J connectivity index is 1.66. The molecule has 32 heavy (non-hydrogen) atoms. The van der Waals surface area contributed by atoms with Crippen LogP contribution >= 0.6 is 23.4 Å². The van der Waals surface area contributed by atoms with E-state index < -0.39 is 47.3 Å². The van der Waals surface area contributed by atoms with E-state index in [9.17, 15) is 20.1 Å². The molecule has 3 rings (SSSR count). The molecule has 0 saturated carbocycles. The topological polar surface area (TPSA) is 146 Å². The Hall–Kier alpha value is -0.170. The van der Waals surface area contributed by atoms with E-state index in [1.54, 1.807) is 13.2 Å². The zero-order valence-electron chi connectivity index (χ0n) is 18.7. The van der Waals surface area contributed by atoms with E-state index in [1.807, 2.05) is 0 Å². The molecule has 1 amide bonds. The summed E-state index contributed by atoms with van der Waals surface area (Å²) in [4.78, 5) is 13.2. The maximum absolute atomic E-state index is 13.2. The van der Waals surface area contributed by atoms with Gasteiger partial charge < -0.3 is 41.2 Å². The fourth-order valence-corrected chi connectivity index (χ4v) is 6.02. The largest absolute Gasteiger partial charge is 0.388 e. The molecule has 3 aliphatic rings. The number of hydrogen-bond donors (Lipinski definition) is 6. The first-order chi connectivity index (χ1) is 15.3. The van der Waals surface area contributed by atoms with Crippen molar-refractivity contribution < 1.29 is 29.6 Å². The lowest BCUT2D eigenvalue weighted by Crippen LogP contribution is -2.65. The summed E-state index contributed by atoms with van der Waals surface area (Å²) in [7, 11) is 0. The molecule has 0 bridgehead atoms. The van der Waals surface area contributed by atoms with Crippen LogP contribution in [0.5, 0.6) is 0 Å². The number of carbonyl (C=O) groups excluding carboxylic acids is 1. The Morgan fingerprint density at radius 3 is 2.72 bits per heavy atom. The summed E-state index contributed by atoms with van der Waals surface area (Å²) in [5.74, 6) is 0.528. The first kappa shape index (κ1) is 26.4. The molecule has 0 aliphatic carbocycles. The number of carbonyl (C=O) groups is 1. The Morgan fingerprint density at radius 1 is 1.31 bits per heavy atom. The van der Waals surface area contributed by atoms with Crippen molar-refractivity contribution in [2.45, 2.75) is 86.0 Å². The van der Waals surface area contributed by atoms with Crippen molar-refractivity contribution in [3.8, 4) is 0 Å². The van der Waals surface area contributed by atoms with Gasteiger partial charge in [0, 0.05) is 13.2 Å². The van der Waals surface area contributed by atoms with E-state index in [0.717, 1.165) is 25.7 Å². The molecule has 11 atom stereocenters. The van der Waals surface area contributed by atoms with E-state index in [0.29, 0.717) is 25.6 Å². The average Bonchev–Trinajstić information content (AvgIpc) is 3.05.